The molecule has 0 radical (unpaired) electrons. The molecule has 3 nitrogen and oxygen atoms in total. The Balaban J connectivity index is 4.23. The zero-order chi connectivity index (χ0) is 12.6. The molecule has 16 heavy (non-hydrogen) atoms. The minimum atomic E-state index is 0.602. The van der Waals surface area contributed by atoms with E-state index in [0.29, 0.717) is 17.9 Å². The first-order valence-corrected chi connectivity index (χ1v) is 6.40. The van der Waals surface area contributed by atoms with Gasteiger partial charge in [-0.2, -0.15) is 0 Å². The lowest BCUT2D eigenvalue weighted by Crippen LogP contribution is -2.44. The first-order valence-electron chi connectivity index (χ1n) is 6.40. The minimum Gasteiger partial charge on any atom is -0.383 e. The van der Waals surface area contributed by atoms with Crippen LogP contribution in [0.4, 0.5) is 0 Å². The van der Waals surface area contributed by atoms with Gasteiger partial charge in [-0.15, -0.1) is 0 Å². The molecule has 0 aromatic rings. The Hall–Kier alpha value is -0.120. The Morgan fingerprint density at radius 2 is 1.81 bits per heavy atom. The Kier molecular flexibility index (Phi) is 8.90. The summed E-state index contributed by atoms with van der Waals surface area (Å²) in [6, 6.07) is 0.602. The molecule has 0 aliphatic heterocycles. The van der Waals surface area contributed by atoms with Crippen molar-refractivity contribution in [3.8, 4) is 0 Å². The summed E-state index contributed by atoms with van der Waals surface area (Å²) in [7, 11) is 3.79. The number of ether oxygens (including phenoxy) is 1. The molecule has 0 amide bonds. The average molecular weight is 230 g/mol. The quantitative estimate of drug-likeness (QED) is 0.654. The van der Waals surface area contributed by atoms with Crippen LogP contribution in [-0.4, -0.2) is 51.3 Å². The van der Waals surface area contributed by atoms with E-state index in [4.69, 9.17) is 4.74 Å². The monoisotopic (exact) mass is 230 g/mol. The molecule has 0 heterocycles. The number of methoxy groups -OCH3 is 1. The molecule has 0 bridgehead atoms. The molecule has 3 heteroatoms. The Labute approximate surface area is 102 Å². The van der Waals surface area contributed by atoms with E-state index in [1.807, 2.05) is 7.05 Å². The lowest BCUT2D eigenvalue weighted by molar-refractivity contribution is 0.0946. The van der Waals surface area contributed by atoms with Crippen LogP contribution in [0, 0.1) is 11.8 Å². The third-order valence-corrected chi connectivity index (χ3v) is 3.11. The maximum atomic E-state index is 5.19. The maximum Gasteiger partial charge on any atom is 0.0589 e. The van der Waals surface area contributed by atoms with E-state index in [2.05, 4.69) is 37.9 Å². The molecule has 0 saturated heterocycles. The van der Waals surface area contributed by atoms with Gasteiger partial charge in [0.15, 0.2) is 0 Å². The summed E-state index contributed by atoms with van der Waals surface area (Å²) in [5, 5.41) is 3.25. The van der Waals surface area contributed by atoms with Crippen LogP contribution in [0.1, 0.15) is 27.7 Å². The highest BCUT2D eigenvalue weighted by atomic mass is 16.5. The molecule has 0 aliphatic carbocycles. The van der Waals surface area contributed by atoms with Crippen LogP contribution >= 0.6 is 0 Å². The van der Waals surface area contributed by atoms with Gasteiger partial charge in [0.25, 0.3) is 0 Å². The van der Waals surface area contributed by atoms with Crippen LogP contribution in [0.5, 0.6) is 0 Å². The molecule has 0 spiro atoms. The van der Waals surface area contributed by atoms with Gasteiger partial charge in [-0.1, -0.05) is 20.8 Å². The maximum absolute atomic E-state index is 5.19. The number of hydrogen-bond acceptors (Lipinski definition) is 3. The van der Waals surface area contributed by atoms with Gasteiger partial charge in [-0.05, 0) is 32.4 Å². The van der Waals surface area contributed by atoms with Gasteiger partial charge in [-0.3, -0.25) is 4.90 Å². The summed E-state index contributed by atoms with van der Waals surface area (Å²) in [5.41, 5.74) is 0. The SMILES string of the molecule is CNCC(C)C(C)N(CCOC)CC(C)C. The van der Waals surface area contributed by atoms with Crippen molar-refractivity contribution in [2.75, 3.05) is 40.4 Å². The fourth-order valence-corrected chi connectivity index (χ4v) is 1.99. The molecule has 2 unspecified atom stereocenters. The van der Waals surface area contributed by atoms with Gasteiger partial charge in [0.05, 0.1) is 6.61 Å². The van der Waals surface area contributed by atoms with Crippen molar-refractivity contribution >= 4 is 0 Å². The molecular weight excluding hydrogens is 200 g/mol. The first-order chi connectivity index (χ1) is 7.52. The van der Waals surface area contributed by atoms with Gasteiger partial charge < -0.3 is 10.1 Å². The normalized spacial score (nSPS) is 15.8. The van der Waals surface area contributed by atoms with Gasteiger partial charge in [0.1, 0.15) is 0 Å². The minimum absolute atomic E-state index is 0.602. The summed E-state index contributed by atoms with van der Waals surface area (Å²) < 4.78 is 5.19. The fraction of sp³-hybridized carbons (Fsp3) is 1.00. The molecule has 0 fully saturated rings. The predicted molar refractivity (Wildman–Crippen MR) is 70.8 cm³/mol. The van der Waals surface area contributed by atoms with Crippen molar-refractivity contribution in [1.82, 2.24) is 10.2 Å². The second-order valence-electron chi connectivity index (χ2n) is 5.16. The smallest absolute Gasteiger partial charge is 0.0589 e. The molecule has 0 aromatic heterocycles. The van der Waals surface area contributed by atoms with Gasteiger partial charge in [0.2, 0.25) is 0 Å². The van der Waals surface area contributed by atoms with Crippen LogP contribution in [0.2, 0.25) is 0 Å². The molecule has 0 saturated carbocycles. The molecule has 1 N–H and O–H groups in total. The van der Waals surface area contributed by atoms with Crippen molar-refractivity contribution < 1.29 is 4.74 Å². The predicted octanol–water partition coefficient (Wildman–Crippen LogP) is 1.83. The summed E-state index contributed by atoms with van der Waals surface area (Å²) in [4.78, 5) is 2.54. The van der Waals surface area contributed by atoms with E-state index in [-0.39, 0.29) is 0 Å². The summed E-state index contributed by atoms with van der Waals surface area (Å²) in [6.07, 6.45) is 0. The van der Waals surface area contributed by atoms with Gasteiger partial charge in [0, 0.05) is 26.2 Å². The fourth-order valence-electron chi connectivity index (χ4n) is 1.99. The zero-order valence-electron chi connectivity index (χ0n) is 11.9. The van der Waals surface area contributed by atoms with Crippen molar-refractivity contribution in [2.45, 2.75) is 33.7 Å². The lowest BCUT2D eigenvalue weighted by atomic mass is 10.0. The van der Waals surface area contributed by atoms with E-state index in [9.17, 15) is 0 Å². The third kappa shape index (κ3) is 6.46. The van der Waals surface area contributed by atoms with Crippen LogP contribution in [0.3, 0.4) is 0 Å². The van der Waals surface area contributed by atoms with Gasteiger partial charge >= 0.3 is 0 Å². The summed E-state index contributed by atoms with van der Waals surface area (Å²) in [6.45, 7) is 13.3. The Morgan fingerprint density at radius 1 is 1.19 bits per heavy atom. The van der Waals surface area contributed by atoms with E-state index >= 15 is 0 Å². The second-order valence-corrected chi connectivity index (χ2v) is 5.16. The van der Waals surface area contributed by atoms with Crippen LogP contribution in [0.25, 0.3) is 0 Å². The topological polar surface area (TPSA) is 24.5 Å². The van der Waals surface area contributed by atoms with Crippen LogP contribution < -0.4 is 5.32 Å². The molecule has 0 rings (SSSR count). The summed E-state index contributed by atoms with van der Waals surface area (Å²) >= 11 is 0. The standard InChI is InChI=1S/C13H30N2O/c1-11(2)10-15(7-8-16-6)13(4)12(3)9-14-5/h11-14H,7-10H2,1-6H3. The highest BCUT2D eigenvalue weighted by Gasteiger charge is 2.19. The third-order valence-electron chi connectivity index (χ3n) is 3.11. The highest BCUT2D eigenvalue weighted by molar-refractivity contribution is 4.75. The molecule has 2 atom stereocenters. The largest absolute Gasteiger partial charge is 0.383 e. The van der Waals surface area contributed by atoms with Crippen molar-refractivity contribution in [3.63, 3.8) is 0 Å². The lowest BCUT2D eigenvalue weighted by Gasteiger charge is -2.34. The number of rotatable bonds is 9. The molecular formula is C13H30N2O. The van der Waals surface area contributed by atoms with Crippen molar-refractivity contribution in [3.05, 3.63) is 0 Å². The van der Waals surface area contributed by atoms with E-state index < -0.39 is 0 Å². The van der Waals surface area contributed by atoms with E-state index in [0.717, 1.165) is 26.2 Å². The van der Waals surface area contributed by atoms with Crippen LogP contribution in [0.15, 0.2) is 0 Å². The Morgan fingerprint density at radius 3 is 2.25 bits per heavy atom. The van der Waals surface area contributed by atoms with Crippen LogP contribution in [-0.2, 0) is 4.74 Å². The van der Waals surface area contributed by atoms with E-state index in [1.54, 1.807) is 7.11 Å². The zero-order valence-corrected chi connectivity index (χ0v) is 11.9. The summed E-state index contributed by atoms with van der Waals surface area (Å²) in [5.74, 6) is 1.38. The van der Waals surface area contributed by atoms with Crippen molar-refractivity contribution in [2.24, 2.45) is 11.8 Å². The van der Waals surface area contributed by atoms with E-state index in [1.165, 1.54) is 0 Å². The van der Waals surface area contributed by atoms with Crippen molar-refractivity contribution in [1.29, 1.82) is 0 Å². The highest BCUT2D eigenvalue weighted by Crippen LogP contribution is 2.12. The Bertz CT molecular complexity index is 162. The first kappa shape index (κ1) is 15.9. The number of nitrogens with one attached hydrogen (secondary N) is 1. The second kappa shape index (κ2) is 8.97. The number of nitrogens with zero attached hydrogens (tertiary/aromatic N) is 1. The molecule has 98 valence electrons. The average Bonchev–Trinajstić information content (AvgIpc) is 2.23. The molecule has 0 aromatic carbocycles. The number of hydrogen-bond donors (Lipinski definition) is 1. The molecule has 0 aliphatic rings. The van der Waals surface area contributed by atoms with Gasteiger partial charge in [-0.25, -0.2) is 0 Å².